The summed E-state index contributed by atoms with van der Waals surface area (Å²) in [5, 5.41) is 8.71. The van der Waals surface area contributed by atoms with Gasteiger partial charge in [-0.05, 0) is 6.26 Å². The van der Waals surface area contributed by atoms with Gasteiger partial charge in [-0.1, -0.05) is 0 Å². The van der Waals surface area contributed by atoms with Gasteiger partial charge in [-0.3, -0.25) is 0 Å². The zero-order valence-corrected chi connectivity index (χ0v) is 8.38. The molecule has 0 aliphatic rings. The van der Waals surface area contributed by atoms with Crippen LogP contribution in [0.3, 0.4) is 0 Å². The first-order valence-corrected chi connectivity index (χ1v) is 6.48. The van der Waals surface area contributed by atoms with E-state index in [0.29, 0.717) is 5.03 Å². The first-order chi connectivity index (χ1) is 4.99. The van der Waals surface area contributed by atoms with Crippen LogP contribution in [0.25, 0.3) is 0 Å². The molecule has 11 heavy (non-hydrogen) atoms. The fourth-order valence-corrected chi connectivity index (χ4v) is 2.17. The second kappa shape index (κ2) is 4.49. The molecular weight excluding hydrogens is 180 g/mol. The maximum Gasteiger partial charge on any atom is 0.155 e. The Labute approximate surface area is 71.9 Å². The van der Waals surface area contributed by atoms with Crippen molar-refractivity contribution in [2.24, 2.45) is 4.99 Å². The van der Waals surface area contributed by atoms with Crippen LogP contribution in [0.2, 0.25) is 0 Å². The summed E-state index contributed by atoms with van der Waals surface area (Å²) in [7, 11) is -1.91. The van der Waals surface area contributed by atoms with Gasteiger partial charge in [-0.25, -0.2) is 5.41 Å². The topological polar surface area (TPSA) is 53.3 Å². The molecule has 3 nitrogen and oxygen atoms in total. The molecule has 0 amide bonds. The second-order valence-electron chi connectivity index (χ2n) is 2.19. The van der Waals surface area contributed by atoms with Gasteiger partial charge in [0.25, 0.3) is 0 Å². The quantitative estimate of drug-likeness (QED) is 0.545. The van der Waals surface area contributed by atoms with E-state index < -0.39 is 9.93 Å². The number of thioether (sulfide) groups is 1. The maximum absolute atomic E-state index is 11.2. The predicted molar refractivity (Wildman–Crippen MR) is 51.7 cm³/mol. The van der Waals surface area contributed by atoms with E-state index >= 15 is 0 Å². The minimum absolute atomic E-state index is 0.579. The Morgan fingerprint density at radius 2 is 2.27 bits per heavy atom. The molecule has 0 aromatic carbocycles. The van der Waals surface area contributed by atoms with Crippen LogP contribution in [-0.4, -0.2) is 24.8 Å². The Morgan fingerprint density at radius 1 is 1.73 bits per heavy atom. The lowest BCUT2D eigenvalue weighted by Gasteiger charge is -1.93. The monoisotopic (exact) mass is 191 g/mol. The van der Waals surface area contributed by atoms with Gasteiger partial charge in [0.2, 0.25) is 0 Å². The third-order valence-corrected chi connectivity index (χ3v) is 2.33. The predicted octanol–water partition coefficient (Wildman–Crippen LogP) is 1.66. The average Bonchev–Trinajstić information content (AvgIpc) is 1.84. The van der Waals surface area contributed by atoms with Crippen molar-refractivity contribution in [2.75, 3.05) is 18.8 Å². The smallest absolute Gasteiger partial charge is 0.155 e. The molecule has 0 aliphatic carbocycles. The largest absolute Gasteiger partial charge is 0.241 e. The van der Waals surface area contributed by atoms with Crippen LogP contribution in [-0.2, 0) is 14.1 Å². The van der Waals surface area contributed by atoms with Crippen molar-refractivity contribution < 1.29 is 4.21 Å². The van der Waals surface area contributed by atoms with Gasteiger partial charge >= 0.3 is 0 Å². The van der Waals surface area contributed by atoms with E-state index in [0.717, 1.165) is 0 Å². The van der Waals surface area contributed by atoms with Crippen LogP contribution in [0.15, 0.2) is 15.4 Å². The van der Waals surface area contributed by atoms with Crippen LogP contribution in [0, 0.1) is 5.41 Å². The van der Waals surface area contributed by atoms with E-state index in [-0.39, 0.29) is 0 Å². The lowest BCUT2D eigenvalue weighted by atomic mass is 11.0. The minimum atomic E-state index is -1.91. The van der Waals surface area contributed by atoms with Crippen molar-refractivity contribution in [3.63, 3.8) is 0 Å². The van der Waals surface area contributed by atoms with E-state index in [2.05, 4.69) is 4.99 Å². The van der Waals surface area contributed by atoms with Gasteiger partial charge in [0, 0.05) is 0 Å². The molecule has 0 aliphatic heterocycles. The molecule has 0 aromatic rings. The van der Waals surface area contributed by atoms with Crippen molar-refractivity contribution in [3.05, 3.63) is 10.4 Å². The van der Waals surface area contributed by atoms with Crippen molar-refractivity contribution >= 4 is 27.7 Å². The summed E-state index contributed by atoms with van der Waals surface area (Å²) in [6.07, 6.45) is 5.07. The molecule has 0 atom stereocenters. The van der Waals surface area contributed by atoms with Gasteiger partial charge in [0.05, 0.1) is 6.01 Å². The van der Waals surface area contributed by atoms with E-state index in [1.807, 2.05) is 12.3 Å². The molecule has 1 N–H and O–H groups in total. The molecule has 0 saturated heterocycles. The summed E-state index contributed by atoms with van der Waals surface area (Å²) in [6.45, 7) is 0. The standard InChI is InChI=1S/C6H11N2OS2/c1-10-6(8-5-7)4-11(2,3)9/h4,7H,1-3H3/q+1/b6-4+. The minimum Gasteiger partial charge on any atom is -0.241 e. The fourth-order valence-electron chi connectivity index (χ4n) is 0.418. The Hall–Kier alpha value is -0.380. The highest BCUT2D eigenvalue weighted by molar-refractivity contribution is 8.07. The number of rotatable bonds is 3. The number of nitrogens with one attached hydrogen (secondary N) is 1. The van der Waals surface area contributed by atoms with E-state index in [9.17, 15) is 4.21 Å². The van der Waals surface area contributed by atoms with Gasteiger partial charge in [0.15, 0.2) is 10.4 Å². The van der Waals surface area contributed by atoms with Gasteiger partial charge in [-0.2, -0.15) is 4.99 Å². The highest BCUT2D eigenvalue weighted by Gasteiger charge is 2.09. The van der Waals surface area contributed by atoms with Crippen LogP contribution < -0.4 is 0 Å². The average molecular weight is 191 g/mol. The molecule has 0 fully saturated rings. The summed E-state index contributed by atoms with van der Waals surface area (Å²) in [6, 6.07) is 1.90. The molecule has 62 valence electrons. The molecular formula is C6H11N2OS2+. The molecule has 0 spiro atoms. The summed E-state index contributed by atoms with van der Waals surface area (Å²) in [4.78, 5) is 3.59. The summed E-state index contributed by atoms with van der Waals surface area (Å²) < 4.78 is 11.2. The van der Waals surface area contributed by atoms with Crippen LogP contribution >= 0.6 is 11.8 Å². The zero-order valence-electron chi connectivity index (χ0n) is 6.75. The van der Waals surface area contributed by atoms with Gasteiger partial charge < -0.3 is 0 Å². The molecule has 0 radical (unpaired) electrons. The molecule has 0 rings (SSSR count). The second-order valence-corrected chi connectivity index (χ2v) is 5.87. The molecule has 0 bridgehead atoms. The van der Waals surface area contributed by atoms with Crippen LogP contribution in [0.5, 0.6) is 0 Å². The lowest BCUT2D eigenvalue weighted by molar-refractivity contribution is 0.595. The summed E-state index contributed by atoms with van der Waals surface area (Å²) >= 11 is 1.35. The first kappa shape index (κ1) is 10.6. The number of aliphatic imine (C=N–C) groups is 1. The van der Waals surface area contributed by atoms with Crippen molar-refractivity contribution in [1.82, 2.24) is 0 Å². The summed E-state index contributed by atoms with van der Waals surface area (Å²) in [5.41, 5.74) is 0. The van der Waals surface area contributed by atoms with Crippen molar-refractivity contribution in [3.8, 4) is 0 Å². The van der Waals surface area contributed by atoms with E-state index in [1.165, 1.54) is 11.8 Å². The third-order valence-electron chi connectivity index (χ3n) is 0.760. The fraction of sp³-hybridized carbons (Fsp3) is 0.500. The van der Waals surface area contributed by atoms with Crippen LogP contribution in [0.1, 0.15) is 0 Å². The summed E-state index contributed by atoms with van der Waals surface area (Å²) in [5.74, 6) is 0. The zero-order chi connectivity index (χ0) is 8.91. The highest BCUT2D eigenvalue weighted by atomic mass is 32.2. The Bertz CT molecular complexity index is 247. The Kier molecular flexibility index (Phi) is 4.33. The lowest BCUT2D eigenvalue weighted by Crippen LogP contribution is -1.98. The first-order valence-electron chi connectivity index (χ1n) is 2.82. The third kappa shape index (κ3) is 6.04. The van der Waals surface area contributed by atoms with Crippen LogP contribution in [0.4, 0.5) is 0 Å². The van der Waals surface area contributed by atoms with Crippen molar-refractivity contribution in [2.45, 2.75) is 0 Å². The molecule has 5 heteroatoms. The van der Waals surface area contributed by atoms with E-state index in [4.69, 9.17) is 5.41 Å². The molecule has 0 unspecified atom stereocenters. The Morgan fingerprint density at radius 3 is 2.55 bits per heavy atom. The number of hydrogen-bond donors (Lipinski definition) is 1. The SMILES string of the molecule is CS/C(=C/[S+](C)(C)=O)N=C=N. The highest BCUT2D eigenvalue weighted by Crippen LogP contribution is 2.15. The van der Waals surface area contributed by atoms with Gasteiger partial charge in [0.1, 0.15) is 22.4 Å². The number of hydrogen-bond acceptors (Lipinski definition) is 4. The molecule has 0 aromatic heterocycles. The Balaban J connectivity index is 4.62. The molecule has 0 heterocycles. The van der Waals surface area contributed by atoms with Crippen molar-refractivity contribution in [1.29, 1.82) is 5.41 Å². The van der Waals surface area contributed by atoms with Gasteiger partial charge in [-0.15, -0.1) is 16.0 Å². The number of nitrogens with zero attached hydrogens (tertiary/aromatic N) is 1. The van der Waals surface area contributed by atoms with E-state index in [1.54, 1.807) is 17.9 Å². The molecule has 0 saturated carbocycles. The normalized spacial score (nSPS) is 12.5. The maximum atomic E-state index is 11.2.